The van der Waals surface area contributed by atoms with Gasteiger partial charge in [0.05, 0.1) is 17.0 Å². The van der Waals surface area contributed by atoms with E-state index in [-0.39, 0.29) is 51.4 Å². The first-order valence-electron chi connectivity index (χ1n) is 7.28. The molecule has 0 aliphatic carbocycles. The van der Waals surface area contributed by atoms with E-state index in [1.807, 2.05) is 0 Å². The molecule has 0 aliphatic rings. The standard InChI is InChI=1S/C17H11ClN4O4.Na/c18-12-3-2-10(8-11(12)16(24)25)21-17(26)22-15(23)9-1-4-13-14(7-9)20-6-5-19-13;/h1-8H,(H,24,25)(H2,21,22,23,26);/q;+1/p-1. The fraction of sp³-hybridized carbons (Fsp3) is 0. The normalized spacial score (nSPS) is 9.96. The third-order valence-corrected chi connectivity index (χ3v) is 3.73. The molecule has 27 heavy (non-hydrogen) atoms. The molecule has 1 heterocycles. The fourth-order valence-electron chi connectivity index (χ4n) is 2.20. The Morgan fingerprint density at radius 2 is 1.67 bits per heavy atom. The molecule has 3 amide bonds. The van der Waals surface area contributed by atoms with E-state index in [0.29, 0.717) is 11.0 Å². The number of carbonyl (C=O) groups excluding carboxylic acids is 3. The van der Waals surface area contributed by atoms with E-state index >= 15 is 0 Å². The molecule has 0 aliphatic heterocycles. The van der Waals surface area contributed by atoms with Crippen LogP contribution in [0.1, 0.15) is 20.7 Å². The van der Waals surface area contributed by atoms with Crippen LogP contribution in [0.3, 0.4) is 0 Å². The molecule has 0 spiro atoms. The Balaban J connectivity index is 0.00000261. The molecule has 2 aromatic carbocycles. The minimum Gasteiger partial charge on any atom is -0.545 e. The van der Waals surface area contributed by atoms with Gasteiger partial charge in [-0.25, -0.2) is 4.79 Å². The Kier molecular flexibility index (Phi) is 6.86. The van der Waals surface area contributed by atoms with Crippen molar-refractivity contribution in [3.63, 3.8) is 0 Å². The molecule has 2 N–H and O–H groups in total. The summed E-state index contributed by atoms with van der Waals surface area (Å²) in [6, 6.07) is 7.61. The summed E-state index contributed by atoms with van der Waals surface area (Å²) in [6.07, 6.45) is 3.02. The largest absolute Gasteiger partial charge is 1.00 e. The first kappa shape index (κ1) is 20.8. The smallest absolute Gasteiger partial charge is 0.545 e. The van der Waals surface area contributed by atoms with Crippen molar-refractivity contribution in [2.75, 3.05) is 5.32 Å². The molecule has 0 saturated carbocycles. The predicted octanol–water partition coefficient (Wildman–Crippen LogP) is -1.39. The summed E-state index contributed by atoms with van der Waals surface area (Å²) in [6.45, 7) is 0. The Labute approximate surface area is 180 Å². The van der Waals surface area contributed by atoms with E-state index in [1.165, 1.54) is 36.7 Å². The van der Waals surface area contributed by atoms with Gasteiger partial charge < -0.3 is 15.2 Å². The summed E-state index contributed by atoms with van der Waals surface area (Å²) in [5.41, 5.74) is 1.22. The number of urea groups is 1. The molecule has 0 atom stereocenters. The second-order valence-corrected chi connectivity index (χ2v) is 5.56. The Bertz CT molecular complexity index is 1040. The molecular formula is C17H10ClN4NaO4. The van der Waals surface area contributed by atoms with Crippen LogP contribution in [-0.2, 0) is 0 Å². The number of halogens is 1. The molecule has 0 saturated heterocycles. The summed E-state index contributed by atoms with van der Waals surface area (Å²) in [5.74, 6) is -2.13. The van der Waals surface area contributed by atoms with Crippen LogP contribution in [0.5, 0.6) is 0 Å². The molecule has 8 nitrogen and oxygen atoms in total. The molecule has 1 aromatic heterocycles. The van der Waals surface area contributed by atoms with Crippen LogP contribution in [0.2, 0.25) is 5.02 Å². The van der Waals surface area contributed by atoms with E-state index in [0.717, 1.165) is 6.07 Å². The minimum atomic E-state index is -1.48. The first-order valence-corrected chi connectivity index (χ1v) is 7.66. The van der Waals surface area contributed by atoms with Crippen LogP contribution >= 0.6 is 11.6 Å². The van der Waals surface area contributed by atoms with E-state index in [1.54, 1.807) is 6.07 Å². The van der Waals surface area contributed by atoms with Crippen LogP contribution in [-0.4, -0.2) is 27.9 Å². The zero-order chi connectivity index (χ0) is 18.7. The van der Waals surface area contributed by atoms with Crippen molar-refractivity contribution >= 4 is 46.2 Å². The maximum Gasteiger partial charge on any atom is 1.00 e. The number of carbonyl (C=O) groups is 3. The number of benzene rings is 2. The molecular weight excluding hydrogens is 383 g/mol. The quantitative estimate of drug-likeness (QED) is 0.529. The average Bonchev–Trinajstić information content (AvgIpc) is 2.62. The number of nitrogens with zero attached hydrogens (tertiary/aromatic N) is 2. The van der Waals surface area contributed by atoms with Crippen molar-refractivity contribution in [1.82, 2.24) is 15.3 Å². The number of aromatic carboxylic acids is 1. The monoisotopic (exact) mass is 392 g/mol. The second kappa shape index (κ2) is 8.92. The molecule has 0 fully saturated rings. The number of hydrogen-bond donors (Lipinski definition) is 2. The summed E-state index contributed by atoms with van der Waals surface area (Å²) in [7, 11) is 0. The number of fused-ring (bicyclic) bond motifs is 1. The summed E-state index contributed by atoms with van der Waals surface area (Å²) in [5, 5.41) is 15.4. The maximum atomic E-state index is 12.2. The van der Waals surface area contributed by atoms with Gasteiger partial charge in [-0.2, -0.15) is 0 Å². The molecule has 0 radical (unpaired) electrons. The van der Waals surface area contributed by atoms with E-state index < -0.39 is 17.9 Å². The molecule has 0 bridgehead atoms. The van der Waals surface area contributed by atoms with Gasteiger partial charge in [0.15, 0.2) is 0 Å². The fourth-order valence-corrected chi connectivity index (χ4v) is 2.40. The van der Waals surface area contributed by atoms with E-state index in [2.05, 4.69) is 20.6 Å². The first-order chi connectivity index (χ1) is 12.4. The van der Waals surface area contributed by atoms with Gasteiger partial charge in [-0.05, 0) is 36.4 Å². The van der Waals surface area contributed by atoms with Crippen LogP contribution < -0.4 is 45.3 Å². The zero-order valence-corrected chi connectivity index (χ0v) is 16.8. The molecule has 3 rings (SSSR count). The van der Waals surface area contributed by atoms with Crippen LogP contribution in [0.15, 0.2) is 48.8 Å². The van der Waals surface area contributed by atoms with Crippen molar-refractivity contribution in [1.29, 1.82) is 0 Å². The van der Waals surface area contributed by atoms with Crippen molar-refractivity contribution in [2.24, 2.45) is 0 Å². The number of hydrogen-bond acceptors (Lipinski definition) is 6. The van der Waals surface area contributed by atoms with Gasteiger partial charge in [0.2, 0.25) is 0 Å². The number of carboxylic acids is 1. The van der Waals surface area contributed by atoms with Gasteiger partial charge in [-0.15, -0.1) is 0 Å². The maximum absolute atomic E-state index is 12.2. The van der Waals surface area contributed by atoms with Crippen LogP contribution in [0.4, 0.5) is 10.5 Å². The Morgan fingerprint density at radius 3 is 2.37 bits per heavy atom. The summed E-state index contributed by atoms with van der Waals surface area (Å²) >= 11 is 5.73. The number of anilines is 1. The number of rotatable bonds is 3. The summed E-state index contributed by atoms with van der Waals surface area (Å²) in [4.78, 5) is 43.3. The summed E-state index contributed by atoms with van der Waals surface area (Å²) < 4.78 is 0. The minimum absolute atomic E-state index is 0. The third kappa shape index (κ3) is 5.01. The molecule has 0 unspecified atom stereocenters. The van der Waals surface area contributed by atoms with Crippen molar-refractivity contribution < 1.29 is 49.0 Å². The number of nitrogens with one attached hydrogen (secondary N) is 2. The van der Waals surface area contributed by atoms with E-state index in [4.69, 9.17) is 11.6 Å². The number of aromatic nitrogens is 2. The van der Waals surface area contributed by atoms with Gasteiger partial charge in [0.25, 0.3) is 5.91 Å². The second-order valence-electron chi connectivity index (χ2n) is 5.15. The predicted molar refractivity (Wildman–Crippen MR) is 91.8 cm³/mol. The Hall–Kier alpha value is -2.52. The Morgan fingerprint density at radius 1 is 0.963 bits per heavy atom. The number of imide groups is 1. The van der Waals surface area contributed by atoms with Gasteiger partial charge >= 0.3 is 35.6 Å². The average molecular weight is 393 g/mol. The van der Waals surface area contributed by atoms with E-state index in [9.17, 15) is 19.5 Å². The van der Waals surface area contributed by atoms with Gasteiger partial charge in [0.1, 0.15) is 0 Å². The van der Waals surface area contributed by atoms with Gasteiger partial charge in [-0.1, -0.05) is 11.6 Å². The van der Waals surface area contributed by atoms with Crippen molar-refractivity contribution in [3.05, 3.63) is 64.9 Å². The molecule has 3 aromatic rings. The van der Waals surface area contributed by atoms with Gasteiger partial charge in [-0.3, -0.25) is 20.1 Å². The van der Waals surface area contributed by atoms with Crippen molar-refractivity contribution in [3.8, 4) is 0 Å². The van der Waals surface area contributed by atoms with Crippen LogP contribution in [0.25, 0.3) is 11.0 Å². The third-order valence-electron chi connectivity index (χ3n) is 3.40. The van der Waals surface area contributed by atoms with Gasteiger partial charge in [0, 0.05) is 34.2 Å². The number of amides is 3. The molecule has 10 heteroatoms. The van der Waals surface area contributed by atoms with Crippen molar-refractivity contribution in [2.45, 2.75) is 0 Å². The molecule has 130 valence electrons. The topological polar surface area (TPSA) is 124 Å². The zero-order valence-electron chi connectivity index (χ0n) is 14.0. The number of carboxylic acid groups (broad SMARTS) is 1. The SMILES string of the molecule is O=C(NC(=O)c1ccc2nccnc2c1)Nc1ccc(Cl)c(C(=O)[O-])c1.[Na+]. The van der Waals surface area contributed by atoms with Crippen LogP contribution in [0, 0.1) is 0 Å².